The van der Waals surface area contributed by atoms with Gasteiger partial charge >= 0.3 is 0 Å². The van der Waals surface area contributed by atoms with Crippen molar-refractivity contribution in [2.45, 2.75) is 30.8 Å². The molecule has 1 atom stereocenters. The number of hydrogen-bond acceptors (Lipinski definition) is 4. The van der Waals surface area contributed by atoms with Crippen LogP contribution in [0.15, 0.2) is 58.5 Å². The van der Waals surface area contributed by atoms with Gasteiger partial charge in [-0.2, -0.15) is 0 Å². The Balaban J connectivity index is 1.85. The topological polar surface area (TPSA) is 64.0 Å². The van der Waals surface area contributed by atoms with Gasteiger partial charge in [0.1, 0.15) is 0 Å². The number of carbonyl (C=O) groups is 1. The van der Waals surface area contributed by atoms with E-state index in [4.69, 9.17) is 11.6 Å². The molecule has 1 N–H and O–H groups in total. The molecule has 0 unspecified atom stereocenters. The van der Waals surface area contributed by atoms with Crippen molar-refractivity contribution >= 4 is 45.9 Å². The first-order chi connectivity index (χ1) is 12.5. The van der Waals surface area contributed by atoms with Crippen molar-refractivity contribution in [3.63, 3.8) is 0 Å². The quantitative estimate of drug-likeness (QED) is 0.526. The van der Waals surface area contributed by atoms with Crippen molar-refractivity contribution in [3.8, 4) is 0 Å². The van der Waals surface area contributed by atoms with Crippen molar-refractivity contribution in [2.24, 2.45) is 0 Å². The van der Waals surface area contributed by atoms with Crippen LogP contribution < -0.4 is 10.9 Å². The van der Waals surface area contributed by atoms with Crippen molar-refractivity contribution in [2.75, 3.05) is 5.32 Å². The molecule has 26 heavy (non-hydrogen) atoms. The number of nitrogens with zero attached hydrogens (tertiary/aromatic N) is 2. The normalized spacial score (nSPS) is 12.1. The van der Waals surface area contributed by atoms with E-state index in [9.17, 15) is 9.59 Å². The fourth-order valence-electron chi connectivity index (χ4n) is 2.54. The van der Waals surface area contributed by atoms with E-state index < -0.39 is 5.25 Å². The maximum atomic E-state index is 12.7. The summed E-state index contributed by atoms with van der Waals surface area (Å²) in [5, 5.41) is 4.07. The summed E-state index contributed by atoms with van der Waals surface area (Å²) in [6.45, 7) is 4.16. The van der Waals surface area contributed by atoms with Gasteiger partial charge in [-0.3, -0.25) is 14.2 Å². The second kappa shape index (κ2) is 7.93. The Labute approximate surface area is 160 Å². The van der Waals surface area contributed by atoms with Crippen LogP contribution in [0, 0.1) is 0 Å². The minimum atomic E-state index is -0.431. The minimum absolute atomic E-state index is 0.0944. The highest BCUT2D eigenvalue weighted by molar-refractivity contribution is 8.00. The molecule has 7 heteroatoms. The van der Waals surface area contributed by atoms with Gasteiger partial charge in [-0.25, -0.2) is 4.98 Å². The summed E-state index contributed by atoms with van der Waals surface area (Å²) in [6.07, 6.45) is 0. The number of fused-ring (bicyclic) bond motifs is 1. The Bertz CT molecular complexity index is 1020. The molecule has 0 spiro atoms. The average Bonchev–Trinajstić information content (AvgIpc) is 2.62. The molecular formula is C19H18ClN3O2S. The number of carbonyl (C=O) groups excluding carboxylic acids is 1. The molecule has 3 rings (SSSR count). The molecule has 1 amide bonds. The first-order valence-electron chi connectivity index (χ1n) is 8.22. The molecule has 2 aromatic carbocycles. The number of nitrogens with one attached hydrogen (secondary N) is 1. The number of benzene rings is 2. The monoisotopic (exact) mass is 387 g/mol. The van der Waals surface area contributed by atoms with Crippen LogP contribution in [0.3, 0.4) is 0 Å². The van der Waals surface area contributed by atoms with Crippen LogP contribution in [0.25, 0.3) is 10.9 Å². The Hall–Kier alpha value is -2.31. The molecular weight excluding hydrogens is 370 g/mol. The standard InChI is InChI=1S/C19H18ClN3O2S/c1-3-23-18(25)15-9-4-5-10-16(15)22-19(23)26-12(2)17(24)21-14-8-6-7-13(20)11-14/h4-12H,3H2,1-2H3,(H,21,24)/t12-/m0/s1. The maximum absolute atomic E-state index is 12.7. The molecule has 134 valence electrons. The molecule has 0 fully saturated rings. The van der Waals surface area contributed by atoms with Crippen molar-refractivity contribution in [3.05, 3.63) is 63.9 Å². The fourth-order valence-corrected chi connectivity index (χ4v) is 3.70. The zero-order valence-corrected chi connectivity index (χ0v) is 16.0. The highest BCUT2D eigenvalue weighted by Gasteiger charge is 2.19. The van der Waals surface area contributed by atoms with Crippen molar-refractivity contribution in [1.82, 2.24) is 9.55 Å². The van der Waals surface area contributed by atoms with Gasteiger partial charge in [-0.1, -0.05) is 41.6 Å². The molecule has 0 radical (unpaired) electrons. The number of rotatable bonds is 5. The lowest BCUT2D eigenvalue weighted by molar-refractivity contribution is -0.115. The molecule has 0 aliphatic carbocycles. The lowest BCUT2D eigenvalue weighted by Crippen LogP contribution is -2.26. The molecule has 0 aliphatic rings. The van der Waals surface area contributed by atoms with E-state index in [0.29, 0.717) is 33.3 Å². The predicted molar refractivity (Wildman–Crippen MR) is 107 cm³/mol. The largest absolute Gasteiger partial charge is 0.325 e. The first kappa shape index (κ1) is 18.5. The summed E-state index contributed by atoms with van der Waals surface area (Å²) in [4.78, 5) is 29.7. The summed E-state index contributed by atoms with van der Waals surface area (Å²) in [7, 11) is 0. The third kappa shape index (κ3) is 3.92. The maximum Gasteiger partial charge on any atom is 0.262 e. The predicted octanol–water partition coefficient (Wildman–Crippen LogP) is 4.19. The minimum Gasteiger partial charge on any atom is -0.325 e. The van der Waals surface area contributed by atoms with E-state index in [1.54, 1.807) is 47.9 Å². The van der Waals surface area contributed by atoms with E-state index in [0.717, 1.165) is 0 Å². The molecule has 1 heterocycles. The van der Waals surface area contributed by atoms with Gasteiger partial charge in [-0.15, -0.1) is 0 Å². The molecule has 3 aromatic rings. The van der Waals surface area contributed by atoms with E-state index in [1.807, 2.05) is 19.1 Å². The van der Waals surface area contributed by atoms with Crippen LogP contribution in [-0.4, -0.2) is 20.7 Å². The molecule has 0 aliphatic heterocycles. The number of para-hydroxylation sites is 1. The SMILES string of the molecule is CCn1c(S[C@@H](C)C(=O)Nc2cccc(Cl)c2)nc2ccccc2c1=O. The Kier molecular flexibility index (Phi) is 5.64. The van der Waals surface area contributed by atoms with Crippen LogP contribution in [0.5, 0.6) is 0 Å². The highest BCUT2D eigenvalue weighted by atomic mass is 35.5. The molecule has 5 nitrogen and oxygen atoms in total. The zero-order valence-electron chi connectivity index (χ0n) is 14.4. The van der Waals surface area contributed by atoms with E-state index in [1.165, 1.54) is 11.8 Å². The summed E-state index contributed by atoms with van der Waals surface area (Å²) < 4.78 is 1.59. The van der Waals surface area contributed by atoms with Gasteiger partial charge < -0.3 is 5.32 Å². The van der Waals surface area contributed by atoms with Gasteiger partial charge in [0, 0.05) is 17.3 Å². The molecule has 0 bridgehead atoms. The fraction of sp³-hybridized carbons (Fsp3) is 0.211. The van der Waals surface area contributed by atoms with Gasteiger partial charge in [0.25, 0.3) is 5.56 Å². The van der Waals surface area contributed by atoms with Gasteiger partial charge in [0.15, 0.2) is 5.16 Å². The number of halogens is 1. The van der Waals surface area contributed by atoms with Gasteiger partial charge in [0.2, 0.25) is 5.91 Å². The Morgan fingerprint density at radius 2 is 2.04 bits per heavy atom. The third-order valence-corrected chi connectivity index (χ3v) is 5.21. The number of amides is 1. The Morgan fingerprint density at radius 1 is 1.27 bits per heavy atom. The van der Waals surface area contributed by atoms with Crippen molar-refractivity contribution in [1.29, 1.82) is 0 Å². The van der Waals surface area contributed by atoms with Gasteiger partial charge in [0.05, 0.1) is 16.2 Å². The summed E-state index contributed by atoms with van der Waals surface area (Å²) >= 11 is 7.21. The number of aromatic nitrogens is 2. The van der Waals surface area contributed by atoms with Crippen LogP contribution in [-0.2, 0) is 11.3 Å². The Morgan fingerprint density at radius 3 is 2.77 bits per heavy atom. The third-order valence-electron chi connectivity index (χ3n) is 3.89. The van der Waals surface area contributed by atoms with Gasteiger partial charge in [-0.05, 0) is 44.2 Å². The highest BCUT2D eigenvalue weighted by Crippen LogP contribution is 2.24. The smallest absolute Gasteiger partial charge is 0.262 e. The van der Waals surface area contributed by atoms with Crippen LogP contribution >= 0.6 is 23.4 Å². The molecule has 0 saturated carbocycles. The summed E-state index contributed by atoms with van der Waals surface area (Å²) in [5.41, 5.74) is 1.17. The second-order valence-corrected chi connectivity index (χ2v) is 7.47. The van der Waals surface area contributed by atoms with Crippen LogP contribution in [0.4, 0.5) is 5.69 Å². The zero-order chi connectivity index (χ0) is 18.7. The van der Waals surface area contributed by atoms with Crippen LogP contribution in [0.1, 0.15) is 13.8 Å². The van der Waals surface area contributed by atoms with E-state index in [-0.39, 0.29) is 11.5 Å². The van der Waals surface area contributed by atoms with Crippen molar-refractivity contribution < 1.29 is 4.79 Å². The lowest BCUT2D eigenvalue weighted by atomic mass is 10.2. The van der Waals surface area contributed by atoms with E-state index >= 15 is 0 Å². The average molecular weight is 388 g/mol. The number of hydrogen-bond donors (Lipinski definition) is 1. The van der Waals surface area contributed by atoms with E-state index in [2.05, 4.69) is 10.3 Å². The van der Waals surface area contributed by atoms with Crippen LogP contribution in [0.2, 0.25) is 5.02 Å². The molecule has 1 aromatic heterocycles. The molecule has 0 saturated heterocycles. The first-order valence-corrected chi connectivity index (χ1v) is 9.48. The number of thioether (sulfide) groups is 1. The number of anilines is 1. The second-order valence-electron chi connectivity index (χ2n) is 5.72. The summed E-state index contributed by atoms with van der Waals surface area (Å²) in [5.74, 6) is -0.178. The lowest BCUT2D eigenvalue weighted by Gasteiger charge is -2.15. The summed E-state index contributed by atoms with van der Waals surface area (Å²) in [6, 6.07) is 14.2.